The molecule has 3 aromatic carbocycles. The molecule has 0 spiro atoms. The molecule has 38 heavy (non-hydrogen) atoms. The van der Waals surface area contributed by atoms with Gasteiger partial charge in [0.15, 0.2) is 0 Å². The van der Waals surface area contributed by atoms with E-state index in [1.807, 2.05) is 43.0 Å². The fourth-order valence-electron chi connectivity index (χ4n) is 4.21. The molecule has 4 rings (SSSR count). The molecule has 0 bridgehead atoms. The van der Waals surface area contributed by atoms with Crippen molar-refractivity contribution in [2.75, 3.05) is 23.0 Å². The summed E-state index contributed by atoms with van der Waals surface area (Å²) in [5.74, 6) is 0.501. The van der Waals surface area contributed by atoms with Crippen molar-refractivity contribution in [2.45, 2.75) is 62.1 Å². The molecule has 0 aromatic heterocycles. The van der Waals surface area contributed by atoms with Gasteiger partial charge in [0.1, 0.15) is 5.60 Å². The Morgan fingerprint density at radius 1 is 0.895 bits per heavy atom. The zero-order valence-corrected chi connectivity index (χ0v) is 25.2. The van der Waals surface area contributed by atoms with Crippen LogP contribution in [0.4, 0.5) is 17.1 Å². The predicted octanol–water partition coefficient (Wildman–Crippen LogP) is 2.88. The number of aliphatic hydroxyl groups is 2. The van der Waals surface area contributed by atoms with Gasteiger partial charge in [-0.25, -0.2) is 0 Å². The van der Waals surface area contributed by atoms with Crippen LogP contribution in [-0.2, 0) is 21.5 Å². The topological polar surface area (TPSA) is 71.4 Å². The summed E-state index contributed by atoms with van der Waals surface area (Å²) in [5.41, 5.74) is 4.56. The van der Waals surface area contributed by atoms with E-state index in [-0.39, 0.29) is 5.60 Å². The number of alkyl halides is 2. The normalized spacial score (nSPS) is 21.5. The van der Waals surface area contributed by atoms with Gasteiger partial charge >= 0.3 is 170 Å². The molecule has 3 atom stereocenters. The number of anilines is 3. The summed E-state index contributed by atoms with van der Waals surface area (Å²) in [6, 6.07) is 24.5. The van der Waals surface area contributed by atoms with Crippen LogP contribution in [0, 0.1) is 0 Å². The molecule has 1 aliphatic rings. The van der Waals surface area contributed by atoms with Gasteiger partial charge in [0, 0.05) is 0 Å². The van der Waals surface area contributed by atoms with Crippen molar-refractivity contribution in [1.29, 1.82) is 0 Å². The molecule has 206 valence electrons. The molecule has 1 aliphatic heterocycles. The molecule has 3 aromatic rings. The molecule has 6 nitrogen and oxygen atoms in total. The van der Waals surface area contributed by atoms with Crippen molar-refractivity contribution < 1.29 is 45.6 Å². The predicted molar refractivity (Wildman–Crippen MR) is 147 cm³/mol. The van der Waals surface area contributed by atoms with Crippen molar-refractivity contribution in [3.8, 4) is 5.75 Å². The number of hydrogen-bond donors (Lipinski definition) is 2. The summed E-state index contributed by atoms with van der Waals surface area (Å²) >= 11 is -0.622. The third-order valence-corrected chi connectivity index (χ3v) is 9.71. The molecule has 0 aliphatic carbocycles. The maximum absolute atomic E-state index is 10.3. The molecular weight excluding hydrogens is 593 g/mol. The Labute approximate surface area is 236 Å². The van der Waals surface area contributed by atoms with E-state index in [4.69, 9.17) is 14.2 Å². The first-order valence-corrected chi connectivity index (χ1v) is 16.2. The van der Waals surface area contributed by atoms with Crippen LogP contribution in [0.15, 0.2) is 72.8 Å². The summed E-state index contributed by atoms with van der Waals surface area (Å²) in [5, 5.41) is 20.7. The Morgan fingerprint density at radius 2 is 1.42 bits per heavy atom. The Morgan fingerprint density at radius 3 is 1.89 bits per heavy atom. The van der Waals surface area contributed by atoms with Crippen LogP contribution in [0.2, 0.25) is 0 Å². The number of aliphatic hydroxyl groups excluding tert-OH is 1. The molecule has 0 saturated carbocycles. The van der Waals surface area contributed by atoms with E-state index in [1.54, 1.807) is 6.92 Å². The molecular formula is C31H39INO5-. The molecule has 0 amide bonds. The second kappa shape index (κ2) is 11.5. The minimum absolute atomic E-state index is 0.277. The van der Waals surface area contributed by atoms with Gasteiger partial charge in [-0.1, -0.05) is 6.92 Å². The van der Waals surface area contributed by atoms with Crippen LogP contribution in [0.1, 0.15) is 45.7 Å². The number of nitrogens with zero attached hydrogens (tertiary/aromatic N) is 1. The molecule has 2 N–H and O–H groups in total. The fourth-order valence-corrected chi connectivity index (χ4v) is 4.87. The average Bonchev–Trinajstić information content (AvgIpc) is 2.92. The third-order valence-electron chi connectivity index (χ3n) is 6.99. The molecule has 1 fully saturated rings. The van der Waals surface area contributed by atoms with Crippen LogP contribution in [0.3, 0.4) is 0 Å². The molecule has 3 unspecified atom stereocenters. The van der Waals surface area contributed by atoms with Gasteiger partial charge in [0.2, 0.25) is 0 Å². The monoisotopic (exact) mass is 632 g/mol. The summed E-state index contributed by atoms with van der Waals surface area (Å²) in [4.78, 5) is 4.09. The van der Waals surface area contributed by atoms with Crippen molar-refractivity contribution in [3.05, 3.63) is 83.9 Å². The number of aryl methyl sites for hydroxylation is 1. The van der Waals surface area contributed by atoms with Gasteiger partial charge in [-0.3, -0.25) is 0 Å². The first-order chi connectivity index (χ1) is 18.0. The number of halogens is 1. The molecule has 0 radical (unpaired) electrons. The number of hydrogen-bond acceptors (Lipinski definition) is 6. The molecule has 1 saturated heterocycles. The average molecular weight is 633 g/mol. The van der Waals surface area contributed by atoms with E-state index in [1.165, 1.54) is 5.56 Å². The van der Waals surface area contributed by atoms with E-state index in [0.717, 1.165) is 29.0 Å². The Hall–Kier alpha value is -2.17. The second-order valence-electron chi connectivity index (χ2n) is 10.6. The zero-order chi connectivity index (χ0) is 27.6. The van der Waals surface area contributed by atoms with Crippen molar-refractivity contribution >= 4 is 17.1 Å². The fraction of sp³-hybridized carbons (Fsp3) is 0.419. The number of ether oxygens (including phenoxy) is 3. The van der Waals surface area contributed by atoms with Gasteiger partial charge in [-0.15, -0.1) is 0 Å². The van der Waals surface area contributed by atoms with Crippen molar-refractivity contribution in [2.24, 2.45) is 0 Å². The first-order valence-electron chi connectivity index (χ1n) is 12.9. The van der Waals surface area contributed by atoms with Crippen LogP contribution in [0.5, 0.6) is 5.75 Å². The number of rotatable bonds is 9. The Bertz CT molecular complexity index is 1180. The summed E-state index contributed by atoms with van der Waals surface area (Å²) in [7, 11) is 0. The summed E-state index contributed by atoms with van der Waals surface area (Å²) < 4.78 is 16.7. The van der Waals surface area contributed by atoms with E-state index >= 15 is 0 Å². The number of benzene rings is 3. The van der Waals surface area contributed by atoms with E-state index < -0.39 is 36.7 Å². The van der Waals surface area contributed by atoms with Gasteiger partial charge in [0.05, 0.1) is 18.8 Å². The first kappa shape index (κ1) is 28.8. The van der Waals surface area contributed by atoms with Crippen molar-refractivity contribution in [1.82, 2.24) is 0 Å². The van der Waals surface area contributed by atoms with Gasteiger partial charge in [-0.05, 0) is 27.2 Å². The quantitative estimate of drug-likeness (QED) is 0.215. The van der Waals surface area contributed by atoms with E-state index in [2.05, 4.69) is 67.3 Å². The minimum atomic E-state index is -1.27. The molecule has 7 heteroatoms. The Kier molecular flexibility index (Phi) is 8.74. The maximum atomic E-state index is 10.3. The third kappa shape index (κ3) is 6.51. The van der Waals surface area contributed by atoms with E-state index in [9.17, 15) is 10.2 Å². The zero-order valence-electron chi connectivity index (χ0n) is 23.1. The van der Waals surface area contributed by atoms with Gasteiger partial charge < -0.3 is 9.47 Å². The molecule has 1 heterocycles. The SMILES string of the molecule is CCc1ccc(N(c2ccc(OC(O)C(C)(O)[I-]C)cc2)c2ccc(C3(C)COC(C)(C)CO3)cc2)cc1. The van der Waals surface area contributed by atoms with Gasteiger partial charge in [0.25, 0.3) is 0 Å². The van der Waals surface area contributed by atoms with Crippen LogP contribution >= 0.6 is 0 Å². The Balaban J connectivity index is 1.63. The summed E-state index contributed by atoms with van der Waals surface area (Å²) in [6.07, 6.45) is -0.292. The second-order valence-corrected chi connectivity index (χ2v) is 13.9. The van der Waals surface area contributed by atoms with Crippen LogP contribution in [-0.4, -0.2) is 43.9 Å². The van der Waals surface area contributed by atoms with Crippen LogP contribution < -0.4 is 30.8 Å². The van der Waals surface area contributed by atoms with Crippen LogP contribution in [0.25, 0.3) is 0 Å². The summed E-state index contributed by atoms with van der Waals surface area (Å²) in [6.45, 7) is 11.0. The van der Waals surface area contributed by atoms with Crippen molar-refractivity contribution in [3.63, 3.8) is 0 Å². The van der Waals surface area contributed by atoms with Gasteiger partial charge in [-0.2, -0.15) is 0 Å². The van der Waals surface area contributed by atoms with E-state index in [0.29, 0.717) is 19.0 Å². The standard InChI is InChI=1S/C31H39INO5/c1-7-22-8-12-24(13-9-22)33(26-16-18-27(19-17-26)38-28(34)31(5,35)32-6)25-14-10-23(11-15-25)30(4)21-36-29(2,3)20-37-30/h8-19,28,34-35H,7,20-21H2,1-6H3/q-1.